The van der Waals surface area contributed by atoms with Crippen LogP contribution in [0.5, 0.6) is 5.75 Å². The molecule has 0 radical (unpaired) electrons. The molecule has 106 valence electrons. The minimum absolute atomic E-state index is 0.0155. The first-order chi connectivity index (χ1) is 9.42. The van der Waals surface area contributed by atoms with Crippen LogP contribution in [-0.4, -0.2) is 15.5 Å². The Hall–Kier alpha value is -1.92. The van der Waals surface area contributed by atoms with Crippen molar-refractivity contribution in [3.8, 4) is 5.75 Å². The van der Waals surface area contributed by atoms with E-state index in [2.05, 4.69) is 4.72 Å². The maximum absolute atomic E-state index is 12.3. The Morgan fingerprint density at radius 3 is 2.55 bits per heavy atom. The quantitative estimate of drug-likeness (QED) is 0.851. The molecule has 0 aromatic heterocycles. The fourth-order valence-electron chi connectivity index (χ4n) is 1.66. The van der Waals surface area contributed by atoms with Gasteiger partial charge in [-0.25, -0.2) is 8.42 Å². The molecular formula is C13H13ClN2O3S. The third-order valence-electron chi connectivity index (χ3n) is 2.58. The number of nitrogens with two attached hydrogens (primary N) is 1. The number of sulfonamides is 1. The summed E-state index contributed by atoms with van der Waals surface area (Å²) >= 11 is 5.81. The molecule has 0 aliphatic rings. The highest BCUT2D eigenvalue weighted by Crippen LogP contribution is 2.26. The second-order valence-corrected chi connectivity index (χ2v) is 6.11. The van der Waals surface area contributed by atoms with Gasteiger partial charge in [0, 0.05) is 11.1 Å². The number of benzene rings is 2. The molecule has 2 rings (SSSR count). The zero-order chi connectivity index (χ0) is 14.8. The lowest BCUT2D eigenvalue weighted by Crippen LogP contribution is -2.14. The average molecular weight is 313 g/mol. The smallest absolute Gasteiger partial charge is 0.263 e. The number of halogens is 1. The highest BCUT2D eigenvalue weighted by molar-refractivity contribution is 7.92. The summed E-state index contributed by atoms with van der Waals surface area (Å²) < 4.78 is 31.9. The molecule has 0 bridgehead atoms. The van der Waals surface area contributed by atoms with Crippen molar-refractivity contribution in [1.29, 1.82) is 0 Å². The molecule has 0 fully saturated rings. The van der Waals surface area contributed by atoms with E-state index in [1.54, 1.807) is 18.2 Å². The highest BCUT2D eigenvalue weighted by atomic mass is 35.5. The van der Waals surface area contributed by atoms with E-state index in [0.717, 1.165) is 0 Å². The van der Waals surface area contributed by atoms with Crippen LogP contribution in [0.15, 0.2) is 47.4 Å². The Labute approximate surface area is 122 Å². The van der Waals surface area contributed by atoms with Crippen LogP contribution < -0.4 is 15.2 Å². The number of rotatable bonds is 4. The lowest BCUT2D eigenvalue weighted by molar-refractivity contribution is 0.414. The number of anilines is 2. The number of nitrogens with one attached hydrogen (secondary N) is 1. The Bertz CT molecular complexity index is 732. The molecule has 0 saturated heterocycles. The standard InChI is InChI=1S/C13H13ClN2O3S/c1-19-11-5-6-13(12(15)8-11)20(17,18)16-10-4-2-3-9(14)7-10/h2-8,16H,15H2,1H3. The van der Waals surface area contributed by atoms with Crippen LogP contribution in [0.25, 0.3) is 0 Å². The van der Waals surface area contributed by atoms with Gasteiger partial charge in [0.05, 0.1) is 18.5 Å². The van der Waals surface area contributed by atoms with E-state index in [-0.39, 0.29) is 10.6 Å². The Morgan fingerprint density at radius 2 is 1.95 bits per heavy atom. The third-order valence-corrected chi connectivity index (χ3v) is 4.27. The molecule has 2 aromatic carbocycles. The topological polar surface area (TPSA) is 81.4 Å². The summed E-state index contributed by atoms with van der Waals surface area (Å²) in [4.78, 5) is -0.0155. The number of hydrogen-bond acceptors (Lipinski definition) is 4. The van der Waals surface area contributed by atoms with Gasteiger partial charge in [-0.2, -0.15) is 0 Å². The monoisotopic (exact) mass is 312 g/mol. The average Bonchev–Trinajstić information content (AvgIpc) is 2.37. The second-order valence-electron chi connectivity index (χ2n) is 4.02. The molecule has 0 heterocycles. The van der Waals surface area contributed by atoms with Gasteiger partial charge in [-0.1, -0.05) is 17.7 Å². The molecule has 0 amide bonds. The Kier molecular flexibility index (Phi) is 4.06. The summed E-state index contributed by atoms with van der Waals surface area (Å²) in [7, 11) is -2.30. The minimum Gasteiger partial charge on any atom is -0.497 e. The molecule has 0 spiro atoms. The third kappa shape index (κ3) is 3.15. The predicted octanol–water partition coefficient (Wildman–Crippen LogP) is 2.73. The molecule has 0 aliphatic heterocycles. The van der Waals surface area contributed by atoms with Gasteiger partial charge in [0.1, 0.15) is 10.6 Å². The van der Waals surface area contributed by atoms with E-state index in [9.17, 15) is 8.42 Å². The van der Waals surface area contributed by atoms with Gasteiger partial charge in [-0.05, 0) is 30.3 Å². The van der Waals surface area contributed by atoms with Crippen molar-refractivity contribution >= 4 is 33.0 Å². The van der Waals surface area contributed by atoms with Crippen LogP contribution in [0.4, 0.5) is 11.4 Å². The van der Waals surface area contributed by atoms with Gasteiger partial charge < -0.3 is 10.5 Å². The molecule has 0 atom stereocenters. The zero-order valence-corrected chi connectivity index (χ0v) is 12.2. The van der Waals surface area contributed by atoms with Crippen LogP contribution in [0.1, 0.15) is 0 Å². The fraction of sp³-hybridized carbons (Fsp3) is 0.0769. The van der Waals surface area contributed by atoms with Crippen LogP contribution in [0.3, 0.4) is 0 Å². The van der Waals surface area contributed by atoms with Crippen LogP contribution in [-0.2, 0) is 10.0 Å². The molecule has 2 aromatic rings. The molecule has 3 N–H and O–H groups in total. The summed E-state index contributed by atoms with van der Waals surface area (Å²) in [6.45, 7) is 0. The van der Waals surface area contributed by atoms with Crippen molar-refractivity contribution in [3.63, 3.8) is 0 Å². The summed E-state index contributed by atoms with van der Waals surface area (Å²) in [5.41, 5.74) is 6.22. The lowest BCUT2D eigenvalue weighted by Gasteiger charge is -2.11. The molecule has 0 saturated carbocycles. The van der Waals surface area contributed by atoms with Crippen LogP contribution in [0.2, 0.25) is 5.02 Å². The Balaban J connectivity index is 2.36. The first kappa shape index (κ1) is 14.5. The van der Waals surface area contributed by atoms with Gasteiger partial charge >= 0.3 is 0 Å². The molecular weight excluding hydrogens is 300 g/mol. The van der Waals surface area contributed by atoms with Crippen molar-refractivity contribution in [2.75, 3.05) is 17.6 Å². The summed E-state index contributed by atoms with van der Waals surface area (Å²) in [5, 5.41) is 0.438. The van der Waals surface area contributed by atoms with Gasteiger partial charge in [0.15, 0.2) is 0 Å². The summed E-state index contributed by atoms with van der Waals surface area (Å²) in [6.07, 6.45) is 0. The van der Waals surface area contributed by atoms with E-state index in [0.29, 0.717) is 16.5 Å². The second kappa shape index (κ2) is 5.60. The van der Waals surface area contributed by atoms with Gasteiger partial charge in [-0.3, -0.25) is 4.72 Å². The SMILES string of the molecule is COc1ccc(S(=O)(=O)Nc2cccc(Cl)c2)c(N)c1. The number of hydrogen-bond donors (Lipinski definition) is 2. The van der Waals surface area contributed by atoms with E-state index in [4.69, 9.17) is 22.1 Å². The minimum atomic E-state index is -3.77. The van der Waals surface area contributed by atoms with E-state index in [1.807, 2.05) is 0 Å². The number of ether oxygens (including phenoxy) is 1. The molecule has 20 heavy (non-hydrogen) atoms. The van der Waals surface area contributed by atoms with Gasteiger partial charge in [0.25, 0.3) is 10.0 Å². The normalized spacial score (nSPS) is 11.1. The summed E-state index contributed by atoms with van der Waals surface area (Å²) in [5.74, 6) is 0.490. The van der Waals surface area contributed by atoms with Crippen molar-refractivity contribution in [1.82, 2.24) is 0 Å². The Morgan fingerprint density at radius 1 is 1.20 bits per heavy atom. The van der Waals surface area contributed by atoms with Crippen LogP contribution >= 0.6 is 11.6 Å². The first-order valence-corrected chi connectivity index (χ1v) is 7.50. The number of methoxy groups -OCH3 is 1. The maximum Gasteiger partial charge on any atom is 0.263 e. The van der Waals surface area contributed by atoms with Crippen molar-refractivity contribution in [2.24, 2.45) is 0 Å². The van der Waals surface area contributed by atoms with Crippen LogP contribution in [0, 0.1) is 0 Å². The maximum atomic E-state index is 12.3. The van der Waals surface area contributed by atoms with E-state index in [1.165, 1.54) is 31.4 Å². The zero-order valence-electron chi connectivity index (χ0n) is 10.6. The van der Waals surface area contributed by atoms with E-state index < -0.39 is 10.0 Å². The lowest BCUT2D eigenvalue weighted by atomic mass is 10.3. The predicted molar refractivity (Wildman–Crippen MR) is 79.7 cm³/mol. The van der Waals surface area contributed by atoms with Crippen molar-refractivity contribution in [3.05, 3.63) is 47.5 Å². The highest BCUT2D eigenvalue weighted by Gasteiger charge is 2.18. The first-order valence-electron chi connectivity index (χ1n) is 5.64. The van der Waals surface area contributed by atoms with Gasteiger partial charge in [0.2, 0.25) is 0 Å². The molecule has 5 nitrogen and oxygen atoms in total. The van der Waals surface area contributed by atoms with E-state index >= 15 is 0 Å². The molecule has 0 aliphatic carbocycles. The molecule has 0 unspecified atom stereocenters. The van der Waals surface area contributed by atoms with Crippen molar-refractivity contribution in [2.45, 2.75) is 4.90 Å². The van der Waals surface area contributed by atoms with Crippen molar-refractivity contribution < 1.29 is 13.2 Å². The number of nitrogen functional groups attached to an aromatic ring is 1. The largest absolute Gasteiger partial charge is 0.497 e. The fourth-order valence-corrected chi connectivity index (χ4v) is 3.01. The van der Waals surface area contributed by atoms with Gasteiger partial charge in [-0.15, -0.1) is 0 Å². The molecule has 7 heteroatoms. The summed E-state index contributed by atoms with van der Waals surface area (Å²) in [6, 6.07) is 10.8.